The second-order valence-corrected chi connectivity index (χ2v) is 3.23. The molecule has 4 nitrogen and oxygen atoms in total. The lowest BCUT2D eigenvalue weighted by Crippen LogP contribution is -2.25. The van der Waals surface area contributed by atoms with Crippen LogP contribution in [0.3, 0.4) is 0 Å². The first kappa shape index (κ1) is 9.73. The Morgan fingerprint density at radius 1 is 1.53 bits per heavy atom. The van der Waals surface area contributed by atoms with Crippen LogP contribution < -0.4 is 15.8 Å². The van der Waals surface area contributed by atoms with E-state index >= 15 is 0 Å². The molecule has 0 atom stereocenters. The smallest absolute Gasteiger partial charge is 0.262 e. The van der Waals surface area contributed by atoms with Crippen LogP contribution >= 0.6 is 0 Å². The van der Waals surface area contributed by atoms with Gasteiger partial charge in [0.05, 0.1) is 5.69 Å². The summed E-state index contributed by atoms with van der Waals surface area (Å²) >= 11 is 0. The van der Waals surface area contributed by atoms with Crippen molar-refractivity contribution in [2.24, 2.45) is 5.73 Å². The van der Waals surface area contributed by atoms with Gasteiger partial charge in [-0.15, -0.1) is 0 Å². The number of benzene rings is 1. The van der Waals surface area contributed by atoms with Crippen LogP contribution in [0.5, 0.6) is 5.75 Å². The van der Waals surface area contributed by atoms with Gasteiger partial charge in [0.15, 0.2) is 6.61 Å². The fourth-order valence-corrected chi connectivity index (χ4v) is 1.40. The lowest BCUT2D eigenvalue weighted by molar-refractivity contribution is -0.118. The van der Waals surface area contributed by atoms with Gasteiger partial charge in [0.1, 0.15) is 5.75 Å². The molecule has 78 valence electrons. The highest BCUT2D eigenvalue weighted by Gasteiger charge is 2.14. The van der Waals surface area contributed by atoms with E-state index in [0.29, 0.717) is 12.3 Å². The third-order valence-electron chi connectivity index (χ3n) is 2.08. The van der Waals surface area contributed by atoms with Crippen LogP contribution in [0.4, 0.5) is 5.69 Å². The summed E-state index contributed by atoms with van der Waals surface area (Å²) in [6.07, 6.45) is 3.78. The minimum atomic E-state index is -0.118. The van der Waals surface area contributed by atoms with Crippen molar-refractivity contribution in [3.8, 4) is 5.75 Å². The first-order valence-corrected chi connectivity index (χ1v) is 4.73. The average Bonchev–Trinajstić information content (AvgIpc) is 2.26. The van der Waals surface area contributed by atoms with Crippen molar-refractivity contribution in [2.75, 3.05) is 18.5 Å². The molecule has 1 aliphatic rings. The monoisotopic (exact) mass is 204 g/mol. The lowest BCUT2D eigenvalue weighted by Gasteiger charge is -2.17. The van der Waals surface area contributed by atoms with E-state index < -0.39 is 0 Å². The molecule has 0 saturated carbocycles. The number of nitrogens with one attached hydrogen (secondary N) is 1. The number of ether oxygens (including phenoxy) is 1. The average molecular weight is 204 g/mol. The van der Waals surface area contributed by atoms with Crippen molar-refractivity contribution < 1.29 is 9.53 Å². The van der Waals surface area contributed by atoms with Gasteiger partial charge in [-0.2, -0.15) is 0 Å². The summed E-state index contributed by atoms with van der Waals surface area (Å²) < 4.78 is 5.28. The molecule has 1 aliphatic heterocycles. The van der Waals surface area contributed by atoms with Crippen LogP contribution in [0.1, 0.15) is 5.56 Å². The number of rotatable bonds is 2. The van der Waals surface area contributed by atoms with Crippen LogP contribution in [-0.2, 0) is 4.79 Å². The minimum Gasteiger partial charge on any atom is -0.482 e. The minimum absolute atomic E-state index is 0.0804. The number of nitrogens with two attached hydrogens (primary N) is 1. The highest BCUT2D eigenvalue weighted by atomic mass is 16.5. The van der Waals surface area contributed by atoms with E-state index in [-0.39, 0.29) is 12.5 Å². The molecule has 2 rings (SSSR count). The van der Waals surface area contributed by atoms with E-state index in [1.807, 2.05) is 30.4 Å². The molecule has 0 fully saturated rings. The van der Waals surface area contributed by atoms with Crippen LogP contribution in [0, 0.1) is 0 Å². The Balaban J connectivity index is 2.26. The van der Waals surface area contributed by atoms with Crippen molar-refractivity contribution in [1.82, 2.24) is 0 Å². The zero-order valence-corrected chi connectivity index (χ0v) is 8.19. The van der Waals surface area contributed by atoms with Gasteiger partial charge in [-0.05, 0) is 17.7 Å². The summed E-state index contributed by atoms with van der Waals surface area (Å²) in [7, 11) is 0. The van der Waals surface area contributed by atoms with Gasteiger partial charge < -0.3 is 15.8 Å². The summed E-state index contributed by atoms with van der Waals surface area (Å²) in [5.74, 6) is 0.585. The van der Waals surface area contributed by atoms with E-state index in [0.717, 1.165) is 11.3 Å². The fourth-order valence-electron chi connectivity index (χ4n) is 1.40. The topological polar surface area (TPSA) is 64.3 Å². The molecule has 1 aromatic carbocycles. The molecule has 0 bridgehead atoms. The number of carbonyl (C=O) groups excluding carboxylic acids is 1. The molecule has 3 N–H and O–H groups in total. The number of hydrogen-bond acceptors (Lipinski definition) is 3. The first-order chi connectivity index (χ1) is 7.29. The van der Waals surface area contributed by atoms with Crippen molar-refractivity contribution in [2.45, 2.75) is 0 Å². The van der Waals surface area contributed by atoms with Gasteiger partial charge in [-0.1, -0.05) is 18.2 Å². The zero-order chi connectivity index (χ0) is 10.7. The number of anilines is 1. The maximum Gasteiger partial charge on any atom is 0.262 e. The van der Waals surface area contributed by atoms with Gasteiger partial charge >= 0.3 is 0 Å². The maximum atomic E-state index is 11.0. The van der Waals surface area contributed by atoms with Crippen molar-refractivity contribution >= 4 is 17.7 Å². The molecule has 0 aliphatic carbocycles. The normalized spacial score (nSPS) is 14.6. The van der Waals surface area contributed by atoms with E-state index in [9.17, 15) is 4.79 Å². The third kappa shape index (κ3) is 2.16. The van der Waals surface area contributed by atoms with Crippen LogP contribution in [-0.4, -0.2) is 19.1 Å². The number of fused-ring (bicyclic) bond motifs is 1. The van der Waals surface area contributed by atoms with E-state index in [2.05, 4.69) is 5.32 Å². The number of hydrogen-bond donors (Lipinski definition) is 2. The largest absolute Gasteiger partial charge is 0.482 e. The first-order valence-electron chi connectivity index (χ1n) is 4.73. The Labute approximate surface area is 87.7 Å². The lowest BCUT2D eigenvalue weighted by atomic mass is 10.1. The Hall–Kier alpha value is -1.81. The summed E-state index contributed by atoms with van der Waals surface area (Å²) in [5.41, 5.74) is 7.09. The van der Waals surface area contributed by atoms with E-state index in [1.54, 1.807) is 0 Å². The second-order valence-electron chi connectivity index (χ2n) is 3.23. The molecular weight excluding hydrogens is 192 g/mol. The van der Waals surface area contributed by atoms with Gasteiger partial charge in [-0.3, -0.25) is 4.79 Å². The van der Waals surface area contributed by atoms with Crippen LogP contribution in [0.25, 0.3) is 6.08 Å². The van der Waals surface area contributed by atoms with E-state index in [4.69, 9.17) is 10.5 Å². The number of amides is 1. The van der Waals surface area contributed by atoms with Gasteiger partial charge in [0.25, 0.3) is 5.91 Å². The Morgan fingerprint density at radius 3 is 3.20 bits per heavy atom. The predicted molar refractivity (Wildman–Crippen MR) is 58.7 cm³/mol. The van der Waals surface area contributed by atoms with Gasteiger partial charge in [0.2, 0.25) is 0 Å². The van der Waals surface area contributed by atoms with Crippen molar-refractivity contribution in [1.29, 1.82) is 0 Å². The van der Waals surface area contributed by atoms with Crippen molar-refractivity contribution in [3.63, 3.8) is 0 Å². The molecule has 0 aromatic heterocycles. The van der Waals surface area contributed by atoms with E-state index in [1.165, 1.54) is 0 Å². The molecule has 1 aromatic rings. The highest BCUT2D eigenvalue weighted by molar-refractivity contribution is 5.95. The molecule has 0 spiro atoms. The number of carbonyl (C=O) groups is 1. The third-order valence-corrected chi connectivity index (χ3v) is 2.08. The summed E-state index contributed by atoms with van der Waals surface area (Å²) in [6.45, 7) is 0.589. The zero-order valence-electron chi connectivity index (χ0n) is 8.19. The Kier molecular flexibility index (Phi) is 2.69. The maximum absolute atomic E-state index is 11.0. The predicted octanol–water partition coefficient (Wildman–Crippen LogP) is 0.989. The molecule has 1 amide bonds. The molecule has 15 heavy (non-hydrogen) atoms. The Bertz CT molecular complexity index is 413. The molecule has 4 heteroatoms. The highest BCUT2D eigenvalue weighted by Crippen LogP contribution is 2.28. The molecule has 1 heterocycles. The second kappa shape index (κ2) is 4.14. The van der Waals surface area contributed by atoms with Gasteiger partial charge in [-0.25, -0.2) is 0 Å². The molecule has 0 unspecified atom stereocenters. The fraction of sp³-hybridized carbons (Fsp3) is 0.182. The van der Waals surface area contributed by atoms with Crippen LogP contribution in [0.2, 0.25) is 0 Å². The quantitative estimate of drug-likeness (QED) is 0.755. The summed E-state index contributed by atoms with van der Waals surface area (Å²) in [6, 6.07) is 5.60. The molecule has 0 radical (unpaired) electrons. The summed E-state index contributed by atoms with van der Waals surface area (Å²) in [4.78, 5) is 11.0. The van der Waals surface area contributed by atoms with Gasteiger partial charge in [0, 0.05) is 6.54 Å². The van der Waals surface area contributed by atoms with Crippen LogP contribution in [0.15, 0.2) is 24.3 Å². The molecule has 0 saturated heterocycles. The molecular formula is C11H12N2O2. The SMILES string of the molecule is NC/C=C/c1ccc2c(c1)OCC(=O)N2. The summed E-state index contributed by atoms with van der Waals surface area (Å²) in [5, 5.41) is 2.73. The standard InChI is InChI=1S/C11H12N2O2/c12-5-1-2-8-3-4-9-10(6-8)15-7-11(14)13-9/h1-4,6H,5,7,12H2,(H,13,14)/b2-1+. The van der Waals surface area contributed by atoms with Crippen molar-refractivity contribution in [3.05, 3.63) is 29.8 Å². The Morgan fingerprint density at radius 2 is 2.40 bits per heavy atom.